The number of morpholine rings is 1. The van der Waals surface area contributed by atoms with Crippen LogP contribution >= 0.6 is 0 Å². The van der Waals surface area contributed by atoms with Gasteiger partial charge in [0.05, 0.1) is 30.3 Å². The molecule has 0 unspecified atom stereocenters. The first-order valence-corrected chi connectivity index (χ1v) is 12.5. The van der Waals surface area contributed by atoms with Crippen molar-refractivity contribution in [1.29, 1.82) is 0 Å². The first kappa shape index (κ1) is 21.1. The van der Waals surface area contributed by atoms with Crippen LogP contribution in [-0.2, 0) is 14.8 Å². The van der Waals surface area contributed by atoms with Gasteiger partial charge in [0.1, 0.15) is 17.0 Å². The van der Waals surface area contributed by atoms with E-state index < -0.39 is 10.0 Å². The van der Waals surface area contributed by atoms with Crippen molar-refractivity contribution in [3.63, 3.8) is 0 Å². The fourth-order valence-electron chi connectivity index (χ4n) is 4.31. The molecule has 2 aliphatic heterocycles. The first-order valence-electron chi connectivity index (χ1n) is 10.9. The second kappa shape index (κ2) is 8.64. The second-order valence-corrected chi connectivity index (χ2v) is 10.2. The number of hydrogen-bond donors (Lipinski definition) is 1. The Morgan fingerprint density at radius 2 is 1.81 bits per heavy atom. The molecule has 0 radical (unpaired) electrons. The number of anilines is 2. The summed E-state index contributed by atoms with van der Waals surface area (Å²) in [6, 6.07) is 5.99. The Balaban J connectivity index is 1.57. The van der Waals surface area contributed by atoms with Crippen molar-refractivity contribution in [2.45, 2.75) is 6.92 Å². The minimum atomic E-state index is -3.18. The van der Waals surface area contributed by atoms with Gasteiger partial charge in [-0.15, -0.1) is 0 Å². The summed E-state index contributed by atoms with van der Waals surface area (Å²) in [4.78, 5) is 14.1. The molecule has 2 fully saturated rings. The van der Waals surface area contributed by atoms with E-state index in [2.05, 4.69) is 31.0 Å². The van der Waals surface area contributed by atoms with Crippen molar-refractivity contribution in [3.8, 4) is 11.4 Å². The third-order valence-corrected chi connectivity index (χ3v) is 8.00. The van der Waals surface area contributed by atoms with E-state index in [1.54, 1.807) is 23.6 Å². The molecule has 0 saturated carbocycles. The number of aromatic nitrogens is 4. The average Bonchev–Trinajstić information content (AvgIpc) is 3.38. The molecule has 11 heteroatoms. The SMILES string of the molecule is CCS(=O)(=O)N1CCN(c2cc(N3CCOCC3)nc3c(-c4ccn[nH]4)nccc23)CC1. The lowest BCUT2D eigenvalue weighted by molar-refractivity contribution is 0.122. The maximum atomic E-state index is 12.3. The molecule has 32 heavy (non-hydrogen) atoms. The molecule has 5 heterocycles. The van der Waals surface area contributed by atoms with Gasteiger partial charge in [0, 0.05) is 63.1 Å². The van der Waals surface area contributed by atoms with E-state index in [0.717, 1.165) is 46.9 Å². The number of H-pyrrole nitrogens is 1. The molecular formula is C21H27N7O3S. The predicted octanol–water partition coefficient (Wildman–Crippen LogP) is 1.33. The molecule has 0 amide bonds. The zero-order chi connectivity index (χ0) is 22.1. The lowest BCUT2D eigenvalue weighted by Crippen LogP contribution is -2.49. The molecule has 0 aliphatic carbocycles. The van der Waals surface area contributed by atoms with E-state index in [9.17, 15) is 8.42 Å². The zero-order valence-corrected chi connectivity index (χ0v) is 18.9. The van der Waals surface area contributed by atoms with Gasteiger partial charge in [0.2, 0.25) is 10.0 Å². The van der Waals surface area contributed by atoms with Crippen LogP contribution in [0.1, 0.15) is 6.92 Å². The average molecular weight is 458 g/mol. The van der Waals surface area contributed by atoms with Crippen molar-refractivity contribution in [1.82, 2.24) is 24.5 Å². The fraction of sp³-hybridized carbons (Fsp3) is 0.476. The van der Waals surface area contributed by atoms with E-state index in [0.29, 0.717) is 39.4 Å². The van der Waals surface area contributed by atoms with Gasteiger partial charge in [-0.05, 0) is 19.1 Å². The normalized spacial score (nSPS) is 18.4. The highest BCUT2D eigenvalue weighted by molar-refractivity contribution is 7.89. The topological polar surface area (TPSA) is 108 Å². The predicted molar refractivity (Wildman–Crippen MR) is 123 cm³/mol. The van der Waals surface area contributed by atoms with E-state index in [1.807, 2.05) is 12.1 Å². The van der Waals surface area contributed by atoms with E-state index in [1.165, 1.54) is 0 Å². The summed E-state index contributed by atoms with van der Waals surface area (Å²) in [6.07, 6.45) is 3.49. The van der Waals surface area contributed by atoms with Crippen LogP contribution in [0.15, 0.2) is 30.6 Å². The molecule has 0 aromatic carbocycles. The Bertz CT molecular complexity index is 1190. The summed E-state index contributed by atoms with van der Waals surface area (Å²) in [5, 5.41) is 8.07. The van der Waals surface area contributed by atoms with Crippen LogP contribution in [-0.4, -0.2) is 91.1 Å². The summed E-state index contributed by atoms with van der Waals surface area (Å²) in [6.45, 7) is 6.80. The summed E-state index contributed by atoms with van der Waals surface area (Å²) < 4.78 is 31.7. The van der Waals surface area contributed by atoms with Crippen LogP contribution in [0.5, 0.6) is 0 Å². The number of nitrogens with one attached hydrogen (secondary N) is 1. The van der Waals surface area contributed by atoms with Gasteiger partial charge in [0.15, 0.2) is 0 Å². The molecule has 5 rings (SSSR count). The molecule has 0 atom stereocenters. The number of aromatic amines is 1. The Morgan fingerprint density at radius 1 is 1.03 bits per heavy atom. The molecule has 1 N–H and O–H groups in total. The second-order valence-electron chi connectivity index (χ2n) is 7.91. The number of hydrogen-bond acceptors (Lipinski definition) is 8. The van der Waals surface area contributed by atoms with E-state index in [4.69, 9.17) is 9.72 Å². The van der Waals surface area contributed by atoms with Crippen LogP contribution in [0.25, 0.3) is 22.3 Å². The molecule has 3 aromatic rings. The Labute approximate surface area is 187 Å². The van der Waals surface area contributed by atoms with Crippen molar-refractivity contribution in [3.05, 3.63) is 30.6 Å². The number of pyridine rings is 2. The molecule has 170 valence electrons. The number of piperazine rings is 1. The summed E-state index contributed by atoms with van der Waals surface area (Å²) in [5.74, 6) is 1.01. The van der Waals surface area contributed by atoms with Gasteiger partial charge < -0.3 is 14.5 Å². The molecule has 2 saturated heterocycles. The van der Waals surface area contributed by atoms with Gasteiger partial charge in [-0.25, -0.2) is 13.4 Å². The third kappa shape index (κ3) is 3.91. The van der Waals surface area contributed by atoms with E-state index in [-0.39, 0.29) is 5.75 Å². The molecule has 0 spiro atoms. The number of rotatable bonds is 5. The zero-order valence-electron chi connectivity index (χ0n) is 18.1. The third-order valence-electron chi connectivity index (χ3n) is 6.12. The minimum absolute atomic E-state index is 0.131. The highest BCUT2D eigenvalue weighted by Gasteiger charge is 2.27. The summed E-state index contributed by atoms with van der Waals surface area (Å²) >= 11 is 0. The molecule has 2 aliphatic rings. The summed E-state index contributed by atoms with van der Waals surface area (Å²) in [7, 11) is -3.18. The van der Waals surface area contributed by atoms with Crippen molar-refractivity contribution in [2.75, 3.05) is 68.0 Å². The standard InChI is InChI=1S/C21H27N7O3S/c1-2-32(29,30)28-9-7-26(8-10-28)18-15-19(27-11-13-31-14-12-27)24-20-16(18)3-5-22-21(20)17-4-6-23-25-17/h3-6,15H,2,7-14H2,1H3,(H,23,25). The van der Waals surface area contributed by atoms with Crippen LogP contribution in [0.3, 0.4) is 0 Å². The monoisotopic (exact) mass is 457 g/mol. The Hall–Kier alpha value is -2.76. The Kier molecular flexibility index (Phi) is 5.70. The maximum Gasteiger partial charge on any atom is 0.213 e. The van der Waals surface area contributed by atoms with Gasteiger partial charge >= 0.3 is 0 Å². The Morgan fingerprint density at radius 3 is 2.50 bits per heavy atom. The quantitative estimate of drug-likeness (QED) is 0.611. The highest BCUT2D eigenvalue weighted by atomic mass is 32.2. The van der Waals surface area contributed by atoms with Crippen LogP contribution in [0.4, 0.5) is 11.5 Å². The highest BCUT2D eigenvalue weighted by Crippen LogP contribution is 2.35. The van der Waals surface area contributed by atoms with Crippen molar-refractivity contribution in [2.24, 2.45) is 0 Å². The smallest absolute Gasteiger partial charge is 0.213 e. The van der Waals surface area contributed by atoms with Crippen molar-refractivity contribution < 1.29 is 13.2 Å². The minimum Gasteiger partial charge on any atom is -0.378 e. The van der Waals surface area contributed by atoms with Gasteiger partial charge in [0.25, 0.3) is 0 Å². The number of fused-ring (bicyclic) bond motifs is 1. The molecule has 3 aromatic heterocycles. The first-order chi connectivity index (χ1) is 15.6. The number of sulfonamides is 1. The fourth-order valence-corrected chi connectivity index (χ4v) is 5.40. The maximum absolute atomic E-state index is 12.3. The van der Waals surface area contributed by atoms with Gasteiger partial charge in [-0.3, -0.25) is 10.1 Å². The number of ether oxygens (including phenoxy) is 1. The molecule has 0 bridgehead atoms. The van der Waals surface area contributed by atoms with Gasteiger partial charge in [-0.2, -0.15) is 9.40 Å². The van der Waals surface area contributed by atoms with Crippen molar-refractivity contribution >= 4 is 32.4 Å². The largest absolute Gasteiger partial charge is 0.378 e. The van der Waals surface area contributed by atoms with Crippen LogP contribution < -0.4 is 9.80 Å². The molecule has 10 nitrogen and oxygen atoms in total. The summed E-state index contributed by atoms with van der Waals surface area (Å²) in [5.41, 5.74) is 3.42. The van der Waals surface area contributed by atoms with E-state index >= 15 is 0 Å². The van der Waals surface area contributed by atoms with Gasteiger partial charge in [-0.1, -0.05) is 0 Å². The molecular weight excluding hydrogens is 430 g/mol. The lowest BCUT2D eigenvalue weighted by Gasteiger charge is -2.36. The lowest BCUT2D eigenvalue weighted by atomic mass is 10.1. The number of nitrogens with zero attached hydrogens (tertiary/aromatic N) is 6. The van der Waals surface area contributed by atoms with Crippen LogP contribution in [0, 0.1) is 0 Å². The van der Waals surface area contributed by atoms with Crippen LogP contribution in [0.2, 0.25) is 0 Å².